The van der Waals surface area contributed by atoms with Crippen LogP contribution in [0.4, 0.5) is 4.79 Å². The van der Waals surface area contributed by atoms with Gasteiger partial charge in [-0.2, -0.15) is 0 Å². The fourth-order valence-corrected chi connectivity index (χ4v) is 2.91. The quantitative estimate of drug-likeness (QED) is 0.426. The topological polar surface area (TPSA) is 50.7 Å². The zero-order valence-corrected chi connectivity index (χ0v) is 9.46. The third-order valence-corrected chi connectivity index (χ3v) is 3.90. The number of alkyl halides is 1. The van der Waals surface area contributed by atoms with Crippen LogP contribution in [0.5, 0.6) is 0 Å². The Morgan fingerprint density at radius 3 is 2.67 bits per heavy atom. The lowest BCUT2D eigenvalue weighted by molar-refractivity contribution is 0.149. The summed E-state index contributed by atoms with van der Waals surface area (Å²) in [5.41, 5.74) is 0.864. The summed E-state index contributed by atoms with van der Waals surface area (Å²) in [7, 11) is 1.51. The molecule has 3 rings (SSSR count). The maximum Gasteiger partial charge on any atom is 0.433 e. The van der Waals surface area contributed by atoms with Crippen LogP contribution in [0.2, 0.25) is 0 Å². The van der Waals surface area contributed by atoms with Crippen molar-refractivity contribution >= 4 is 23.4 Å². The molecule has 5 heteroatoms. The molecule has 0 radical (unpaired) electrons. The molecule has 0 saturated heterocycles. The van der Waals surface area contributed by atoms with Crippen LogP contribution in [0.3, 0.4) is 0 Å². The van der Waals surface area contributed by atoms with Gasteiger partial charge in [0, 0.05) is 13.0 Å². The minimum absolute atomic E-state index is 0.0397. The van der Waals surface area contributed by atoms with Crippen LogP contribution in [-0.4, -0.2) is 24.2 Å². The number of carbonyl (C=O) groups excluding carboxylic acids is 1. The van der Waals surface area contributed by atoms with Crippen LogP contribution in [0.25, 0.3) is 0 Å². The monoisotopic (exact) mass is 230 g/mol. The molecular formula is C10H15ClN2O2. The zero-order valence-electron chi connectivity index (χ0n) is 8.70. The molecule has 1 atom stereocenters. The number of hydrogen-bond donors (Lipinski definition) is 1. The number of hydrogen-bond acceptors (Lipinski definition) is 3. The molecular weight excluding hydrogens is 216 g/mol. The lowest BCUT2D eigenvalue weighted by atomic mass is 9.69. The van der Waals surface area contributed by atoms with Gasteiger partial charge in [0.1, 0.15) is 0 Å². The van der Waals surface area contributed by atoms with Crippen molar-refractivity contribution < 1.29 is 9.63 Å². The van der Waals surface area contributed by atoms with E-state index >= 15 is 0 Å². The normalized spacial score (nSPS) is 36.7. The predicted molar refractivity (Wildman–Crippen MR) is 58.1 cm³/mol. The average Bonchev–Trinajstić information content (AvgIpc) is 2.29. The highest BCUT2D eigenvalue weighted by atomic mass is 35.5. The molecule has 0 aliphatic heterocycles. The van der Waals surface area contributed by atoms with E-state index in [-0.39, 0.29) is 5.38 Å². The lowest BCUT2D eigenvalue weighted by Crippen LogP contribution is -2.41. The van der Waals surface area contributed by atoms with Crippen LogP contribution in [-0.2, 0) is 4.84 Å². The molecule has 0 heterocycles. The molecule has 1 amide bonds. The Labute approximate surface area is 94.0 Å². The minimum Gasteiger partial charge on any atom is -0.323 e. The van der Waals surface area contributed by atoms with Gasteiger partial charge in [-0.25, -0.2) is 4.79 Å². The highest BCUT2D eigenvalue weighted by Gasteiger charge is 2.40. The van der Waals surface area contributed by atoms with E-state index in [4.69, 9.17) is 16.4 Å². The van der Waals surface area contributed by atoms with Crippen LogP contribution >= 0.6 is 11.6 Å². The molecule has 84 valence electrons. The van der Waals surface area contributed by atoms with E-state index in [1.165, 1.54) is 19.9 Å². The third kappa shape index (κ3) is 2.09. The molecule has 3 saturated carbocycles. The molecule has 4 nitrogen and oxygen atoms in total. The fourth-order valence-electron chi connectivity index (χ4n) is 2.44. The van der Waals surface area contributed by atoms with Crippen molar-refractivity contribution in [1.82, 2.24) is 5.32 Å². The molecule has 0 aromatic carbocycles. The summed E-state index contributed by atoms with van der Waals surface area (Å²) in [6.45, 7) is 0. The largest absolute Gasteiger partial charge is 0.433 e. The van der Waals surface area contributed by atoms with Crippen molar-refractivity contribution in [3.8, 4) is 0 Å². The van der Waals surface area contributed by atoms with Gasteiger partial charge >= 0.3 is 6.09 Å². The van der Waals surface area contributed by atoms with Crippen LogP contribution < -0.4 is 5.32 Å². The van der Waals surface area contributed by atoms with Crippen molar-refractivity contribution in [3.63, 3.8) is 0 Å². The molecule has 1 N–H and O–H groups in total. The molecule has 3 aliphatic carbocycles. The molecule has 15 heavy (non-hydrogen) atoms. The number of carbonyl (C=O) groups is 1. The number of amides is 1. The van der Waals surface area contributed by atoms with E-state index in [1.807, 2.05) is 0 Å². The summed E-state index contributed by atoms with van der Waals surface area (Å²) in [6, 6.07) is 0. The molecule has 0 aromatic rings. The van der Waals surface area contributed by atoms with Gasteiger partial charge in [0.05, 0.1) is 11.1 Å². The van der Waals surface area contributed by atoms with Crippen LogP contribution in [0, 0.1) is 11.8 Å². The highest BCUT2D eigenvalue weighted by molar-refractivity contribution is 6.33. The molecule has 0 spiro atoms. The summed E-state index contributed by atoms with van der Waals surface area (Å²) in [4.78, 5) is 15.6. The fraction of sp³-hybridized carbons (Fsp3) is 0.800. The summed E-state index contributed by atoms with van der Waals surface area (Å²) >= 11 is 6.26. The van der Waals surface area contributed by atoms with Crippen molar-refractivity contribution in [2.75, 3.05) is 7.05 Å². The van der Waals surface area contributed by atoms with E-state index in [1.54, 1.807) is 0 Å². The second-order valence-corrected chi connectivity index (χ2v) is 4.63. The molecule has 3 aliphatic rings. The maximum atomic E-state index is 10.9. The number of nitrogens with one attached hydrogen (secondary N) is 1. The van der Waals surface area contributed by atoms with Gasteiger partial charge in [-0.15, -0.1) is 11.6 Å². The maximum absolute atomic E-state index is 10.9. The Hall–Kier alpha value is -0.770. The first-order valence-corrected chi connectivity index (χ1v) is 5.76. The van der Waals surface area contributed by atoms with Crippen LogP contribution in [0.1, 0.15) is 25.7 Å². The summed E-state index contributed by atoms with van der Waals surface area (Å²) < 4.78 is 0. The van der Waals surface area contributed by atoms with E-state index in [0.717, 1.165) is 18.6 Å². The van der Waals surface area contributed by atoms with Gasteiger partial charge in [-0.05, 0) is 31.6 Å². The number of oxime groups is 1. The van der Waals surface area contributed by atoms with Gasteiger partial charge in [0.25, 0.3) is 0 Å². The molecule has 3 fully saturated rings. The Bertz CT molecular complexity index is 281. The van der Waals surface area contributed by atoms with Crippen LogP contribution in [0.15, 0.2) is 5.16 Å². The summed E-state index contributed by atoms with van der Waals surface area (Å²) in [6.07, 6.45) is 4.08. The smallest absolute Gasteiger partial charge is 0.323 e. The van der Waals surface area contributed by atoms with Gasteiger partial charge < -0.3 is 5.32 Å². The van der Waals surface area contributed by atoms with E-state index in [2.05, 4.69) is 10.5 Å². The predicted octanol–water partition coefficient (Wildman–Crippen LogP) is 2.13. The van der Waals surface area contributed by atoms with Crippen molar-refractivity contribution in [1.29, 1.82) is 0 Å². The SMILES string of the molecule is CNC(=O)O/N=C1/C2CCC(CC2)C1Cl. The van der Waals surface area contributed by atoms with Gasteiger partial charge in [-0.3, -0.25) is 4.84 Å². The average molecular weight is 231 g/mol. The molecule has 2 bridgehead atoms. The third-order valence-electron chi connectivity index (χ3n) is 3.32. The lowest BCUT2D eigenvalue weighted by Gasteiger charge is -2.39. The number of nitrogens with zero attached hydrogens (tertiary/aromatic N) is 1. The van der Waals surface area contributed by atoms with Crippen molar-refractivity contribution in [2.24, 2.45) is 17.0 Å². The van der Waals surface area contributed by atoms with E-state index in [9.17, 15) is 4.79 Å². The van der Waals surface area contributed by atoms with Gasteiger partial charge in [0.2, 0.25) is 0 Å². The van der Waals surface area contributed by atoms with E-state index < -0.39 is 6.09 Å². The molecule has 1 unspecified atom stereocenters. The van der Waals surface area contributed by atoms with Crippen molar-refractivity contribution in [2.45, 2.75) is 31.1 Å². The second kappa shape index (κ2) is 4.39. The Morgan fingerprint density at radius 2 is 2.13 bits per heavy atom. The molecule has 0 aromatic heterocycles. The number of fused-ring (bicyclic) bond motifs is 3. The highest BCUT2D eigenvalue weighted by Crippen LogP contribution is 2.42. The number of rotatable bonds is 1. The summed E-state index contributed by atoms with van der Waals surface area (Å²) in [5, 5.41) is 6.20. The van der Waals surface area contributed by atoms with E-state index in [0.29, 0.717) is 11.8 Å². The Kier molecular flexibility index (Phi) is 3.14. The standard InChI is InChI=1S/C10H15ClN2O2/c1-12-10(14)15-13-9-7-4-2-6(3-5-7)8(9)11/h6-8H,2-5H2,1H3,(H,12,14)/b13-9-. The second-order valence-electron chi connectivity index (χ2n) is 4.16. The van der Waals surface area contributed by atoms with Gasteiger partial charge in [-0.1, -0.05) is 5.16 Å². The minimum atomic E-state index is -0.534. The first-order chi connectivity index (χ1) is 7.22. The Morgan fingerprint density at radius 1 is 1.47 bits per heavy atom. The van der Waals surface area contributed by atoms with Gasteiger partial charge in [0.15, 0.2) is 0 Å². The Balaban J connectivity index is 2.04. The zero-order chi connectivity index (χ0) is 10.8. The van der Waals surface area contributed by atoms with Crippen molar-refractivity contribution in [3.05, 3.63) is 0 Å². The summed E-state index contributed by atoms with van der Waals surface area (Å²) in [5.74, 6) is 0.936. The number of halogens is 1. The first kappa shape index (κ1) is 10.7. The first-order valence-electron chi connectivity index (χ1n) is 5.33.